The Balaban J connectivity index is 0.00000338. The first-order valence-corrected chi connectivity index (χ1v) is 10.5. The van der Waals surface area contributed by atoms with Crippen LogP contribution in [0.4, 0.5) is 0 Å². The van der Waals surface area contributed by atoms with Crippen molar-refractivity contribution >= 4 is 41.3 Å². The first-order chi connectivity index (χ1) is 12.2. The Kier molecular flexibility index (Phi) is 11.7. The zero-order chi connectivity index (χ0) is 18.1. The lowest BCUT2D eigenvalue weighted by Gasteiger charge is -2.28. The number of rotatable bonds is 9. The normalized spacial score (nSPS) is 17.8. The second kappa shape index (κ2) is 12.9. The number of nitrogens with one attached hydrogen (secondary N) is 2. The number of thiophene rings is 1. The van der Waals surface area contributed by atoms with Gasteiger partial charge in [0.15, 0.2) is 5.96 Å². The number of guanidine groups is 1. The van der Waals surface area contributed by atoms with Crippen molar-refractivity contribution in [3.8, 4) is 0 Å². The third-order valence-corrected chi connectivity index (χ3v) is 6.21. The summed E-state index contributed by atoms with van der Waals surface area (Å²) in [6.45, 7) is 9.75. The SMILES string of the molecule is CCC(C)N(C)CCNC(=NC)NCC(c1cccs1)N1CCCC1.I. The molecule has 1 saturated heterocycles. The molecule has 2 atom stereocenters. The Hall–Kier alpha value is -0.380. The molecule has 2 heterocycles. The molecule has 1 aromatic rings. The monoisotopic (exact) mass is 493 g/mol. The van der Waals surface area contributed by atoms with E-state index in [4.69, 9.17) is 0 Å². The summed E-state index contributed by atoms with van der Waals surface area (Å²) in [5.41, 5.74) is 0. The van der Waals surface area contributed by atoms with Crippen molar-refractivity contribution in [2.45, 2.75) is 45.2 Å². The van der Waals surface area contributed by atoms with E-state index in [1.807, 2.05) is 18.4 Å². The maximum Gasteiger partial charge on any atom is 0.191 e. The Morgan fingerprint density at radius 2 is 2.08 bits per heavy atom. The molecule has 1 aromatic heterocycles. The van der Waals surface area contributed by atoms with E-state index < -0.39 is 0 Å². The molecule has 2 unspecified atom stereocenters. The van der Waals surface area contributed by atoms with Crippen LogP contribution in [0.2, 0.25) is 0 Å². The highest BCUT2D eigenvalue weighted by atomic mass is 127. The van der Waals surface area contributed by atoms with Crippen molar-refractivity contribution in [1.29, 1.82) is 0 Å². The van der Waals surface area contributed by atoms with Gasteiger partial charge in [0, 0.05) is 37.6 Å². The summed E-state index contributed by atoms with van der Waals surface area (Å²) in [6, 6.07) is 5.48. The molecule has 5 nitrogen and oxygen atoms in total. The smallest absolute Gasteiger partial charge is 0.191 e. The first-order valence-electron chi connectivity index (χ1n) is 9.58. The molecule has 26 heavy (non-hydrogen) atoms. The summed E-state index contributed by atoms with van der Waals surface area (Å²) in [5.74, 6) is 0.901. The minimum Gasteiger partial charge on any atom is -0.355 e. The Bertz CT molecular complexity index is 502. The van der Waals surface area contributed by atoms with E-state index in [2.05, 4.69) is 63.8 Å². The fraction of sp³-hybridized carbons (Fsp3) is 0.737. The molecule has 0 aromatic carbocycles. The molecular formula is C19H36IN5S. The third-order valence-electron chi connectivity index (χ3n) is 5.24. The average Bonchev–Trinajstić information content (AvgIpc) is 3.33. The van der Waals surface area contributed by atoms with Crippen LogP contribution >= 0.6 is 35.3 Å². The van der Waals surface area contributed by atoms with Gasteiger partial charge in [0.25, 0.3) is 0 Å². The van der Waals surface area contributed by atoms with Gasteiger partial charge in [-0.3, -0.25) is 9.89 Å². The molecule has 2 N–H and O–H groups in total. The predicted octanol–water partition coefficient (Wildman–Crippen LogP) is 3.40. The minimum atomic E-state index is 0. The Labute approximate surface area is 180 Å². The molecular weight excluding hydrogens is 457 g/mol. The maximum atomic E-state index is 4.39. The van der Waals surface area contributed by atoms with Gasteiger partial charge in [-0.05, 0) is 57.8 Å². The van der Waals surface area contributed by atoms with Gasteiger partial charge in [-0.25, -0.2) is 0 Å². The van der Waals surface area contributed by atoms with Crippen LogP contribution in [-0.2, 0) is 0 Å². The second-order valence-electron chi connectivity index (χ2n) is 6.89. The van der Waals surface area contributed by atoms with Crippen LogP contribution in [0, 0.1) is 0 Å². The number of nitrogens with zero attached hydrogens (tertiary/aromatic N) is 3. The van der Waals surface area contributed by atoms with Crippen LogP contribution in [0.3, 0.4) is 0 Å². The molecule has 0 saturated carbocycles. The van der Waals surface area contributed by atoms with Crippen molar-refractivity contribution in [1.82, 2.24) is 20.4 Å². The van der Waals surface area contributed by atoms with Gasteiger partial charge in [-0.1, -0.05) is 13.0 Å². The summed E-state index contributed by atoms with van der Waals surface area (Å²) in [5, 5.41) is 9.17. The molecule has 7 heteroatoms. The van der Waals surface area contributed by atoms with Crippen molar-refractivity contribution in [3.63, 3.8) is 0 Å². The van der Waals surface area contributed by atoms with Gasteiger partial charge >= 0.3 is 0 Å². The number of likely N-dealkylation sites (tertiary alicyclic amines) is 1. The lowest BCUT2D eigenvalue weighted by molar-refractivity contribution is 0.247. The van der Waals surface area contributed by atoms with E-state index in [1.54, 1.807) is 0 Å². The van der Waals surface area contributed by atoms with Crippen molar-refractivity contribution in [2.75, 3.05) is 46.8 Å². The van der Waals surface area contributed by atoms with E-state index in [9.17, 15) is 0 Å². The van der Waals surface area contributed by atoms with Gasteiger partial charge in [0.1, 0.15) is 0 Å². The van der Waals surface area contributed by atoms with Crippen molar-refractivity contribution in [2.24, 2.45) is 4.99 Å². The molecule has 150 valence electrons. The highest BCUT2D eigenvalue weighted by Crippen LogP contribution is 2.27. The molecule has 0 aliphatic carbocycles. The molecule has 0 spiro atoms. The molecule has 0 amide bonds. The fourth-order valence-corrected chi connectivity index (χ4v) is 4.10. The van der Waals surface area contributed by atoms with E-state index in [1.165, 1.54) is 37.2 Å². The van der Waals surface area contributed by atoms with Crippen LogP contribution in [0.15, 0.2) is 22.5 Å². The highest BCUT2D eigenvalue weighted by Gasteiger charge is 2.24. The van der Waals surface area contributed by atoms with Crippen LogP contribution in [-0.4, -0.2) is 68.6 Å². The van der Waals surface area contributed by atoms with Crippen LogP contribution in [0.25, 0.3) is 0 Å². The highest BCUT2D eigenvalue weighted by molar-refractivity contribution is 14.0. The summed E-state index contributed by atoms with van der Waals surface area (Å²) in [6.07, 6.45) is 3.81. The zero-order valence-electron chi connectivity index (χ0n) is 16.7. The number of aliphatic imine (C=N–C) groups is 1. The molecule has 1 aliphatic heterocycles. The third kappa shape index (κ3) is 7.32. The topological polar surface area (TPSA) is 42.9 Å². The second-order valence-corrected chi connectivity index (χ2v) is 7.87. The van der Waals surface area contributed by atoms with Crippen LogP contribution in [0.1, 0.15) is 44.0 Å². The summed E-state index contributed by atoms with van der Waals surface area (Å²) >= 11 is 1.86. The summed E-state index contributed by atoms with van der Waals surface area (Å²) < 4.78 is 0. The van der Waals surface area contributed by atoms with E-state index in [0.29, 0.717) is 12.1 Å². The standard InChI is InChI=1S/C19H35N5S.HI/c1-5-16(2)23(4)13-10-21-19(20-3)22-15-17(18-9-8-14-25-18)24-11-6-7-12-24;/h8-9,14,16-17H,5-7,10-13,15H2,1-4H3,(H2,20,21,22);1H. The van der Waals surface area contributed by atoms with Gasteiger partial charge < -0.3 is 15.5 Å². The molecule has 1 fully saturated rings. The van der Waals surface area contributed by atoms with Crippen LogP contribution < -0.4 is 10.6 Å². The number of hydrogen-bond acceptors (Lipinski definition) is 4. The minimum absolute atomic E-state index is 0. The first kappa shape index (κ1) is 23.7. The Morgan fingerprint density at radius 1 is 1.35 bits per heavy atom. The van der Waals surface area contributed by atoms with Gasteiger partial charge in [-0.15, -0.1) is 35.3 Å². The van der Waals surface area contributed by atoms with E-state index >= 15 is 0 Å². The predicted molar refractivity (Wildman–Crippen MR) is 125 cm³/mol. The van der Waals surface area contributed by atoms with Crippen molar-refractivity contribution < 1.29 is 0 Å². The lowest BCUT2D eigenvalue weighted by atomic mass is 10.2. The molecule has 1 aliphatic rings. The van der Waals surface area contributed by atoms with Gasteiger partial charge in [0.2, 0.25) is 0 Å². The average molecular weight is 494 g/mol. The molecule has 2 rings (SSSR count). The number of hydrogen-bond donors (Lipinski definition) is 2. The summed E-state index contributed by atoms with van der Waals surface area (Å²) in [7, 11) is 4.04. The number of halogens is 1. The van der Waals surface area contributed by atoms with E-state index in [0.717, 1.165) is 25.6 Å². The molecule has 0 bridgehead atoms. The fourth-order valence-electron chi connectivity index (χ4n) is 3.24. The maximum absolute atomic E-state index is 4.39. The van der Waals surface area contributed by atoms with E-state index in [-0.39, 0.29) is 24.0 Å². The lowest BCUT2D eigenvalue weighted by Crippen LogP contribution is -2.45. The van der Waals surface area contributed by atoms with Crippen LogP contribution in [0.5, 0.6) is 0 Å². The zero-order valence-corrected chi connectivity index (χ0v) is 19.8. The van der Waals surface area contributed by atoms with Crippen molar-refractivity contribution in [3.05, 3.63) is 22.4 Å². The summed E-state index contributed by atoms with van der Waals surface area (Å²) in [4.78, 5) is 10.8. The molecule has 0 radical (unpaired) electrons. The number of likely N-dealkylation sites (N-methyl/N-ethyl adjacent to an activating group) is 1. The van der Waals surface area contributed by atoms with Gasteiger partial charge in [0.05, 0.1) is 6.04 Å². The van der Waals surface area contributed by atoms with Gasteiger partial charge in [-0.2, -0.15) is 0 Å². The quantitative estimate of drug-likeness (QED) is 0.315. The largest absolute Gasteiger partial charge is 0.355 e. The Morgan fingerprint density at radius 3 is 2.65 bits per heavy atom.